The Labute approximate surface area is 140 Å². The minimum absolute atomic E-state index is 0. The molecule has 0 saturated heterocycles. The lowest BCUT2D eigenvalue weighted by Crippen LogP contribution is -2.44. The van der Waals surface area contributed by atoms with Crippen LogP contribution in [0.1, 0.15) is 30.8 Å². The Bertz CT molecular complexity index is 807. The number of hydrogen-bond donors (Lipinski definition) is 1. The van der Waals surface area contributed by atoms with Crippen molar-refractivity contribution in [1.82, 2.24) is 19.9 Å². The van der Waals surface area contributed by atoms with E-state index in [1.807, 2.05) is 41.9 Å². The minimum atomic E-state index is -0.412. The fourth-order valence-corrected chi connectivity index (χ4v) is 2.77. The third kappa shape index (κ3) is 2.54. The summed E-state index contributed by atoms with van der Waals surface area (Å²) in [5, 5.41) is 8.49. The van der Waals surface area contributed by atoms with Gasteiger partial charge in [-0.15, -0.1) is 12.4 Å². The average molecular weight is 332 g/mol. The SMILES string of the molecule is Cc1c(-c2nc(C3(N)CCC3)no2)cnn1-c1ccccc1.Cl. The molecule has 6 nitrogen and oxygen atoms in total. The molecule has 4 rings (SSSR count). The molecule has 2 heterocycles. The predicted octanol–water partition coefficient (Wildman–Crippen LogP) is 2.99. The zero-order chi connectivity index (χ0) is 15.2. The first-order valence-corrected chi connectivity index (χ1v) is 7.41. The summed E-state index contributed by atoms with van der Waals surface area (Å²) in [6.45, 7) is 1.99. The summed E-state index contributed by atoms with van der Waals surface area (Å²) in [7, 11) is 0. The maximum Gasteiger partial charge on any atom is 0.261 e. The van der Waals surface area contributed by atoms with Gasteiger partial charge in [0, 0.05) is 0 Å². The second-order valence-electron chi connectivity index (χ2n) is 5.82. The molecule has 0 aliphatic heterocycles. The van der Waals surface area contributed by atoms with Gasteiger partial charge in [-0.05, 0) is 38.3 Å². The smallest absolute Gasteiger partial charge is 0.261 e. The highest BCUT2D eigenvalue weighted by Crippen LogP contribution is 2.37. The van der Waals surface area contributed by atoms with Crippen LogP contribution in [0, 0.1) is 6.92 Å². The molecule has 120 valence electrons. The van der Waals surface area contributed by atoms with Gasteiger partial charge in [-0.3, -0.25) is 0 Å². The Balaban J connectivity index is 0.00000156. The van der Waals surface area contributed by atoms with Gasteiger partial charge in [0.2, 0.25) is 0 Å². The molecule has 0 spiro atoms. The maximum atomic E-state index is 6.24. The van der Waals surface area contributed by atoms with E-state index in [1.54, 1.807) is 6.20 Å². The first-order chi connectivity index (χ1) is 10.7. The molecular weight excluding hydrogens is 314 g/mol. The quantitative estimate of drug-likeness (QED) is 0.797. The molecule has 0 atom stereocenters. The van der Waals surface area contributed by atoms with Crippen molar-refractivity contribution >= 4 is 12.4 Å². The van der Waals surface area contributed by atoms with Gasteiger partial charge >= 0.3 is 0 Å². The van der Waals surface area contributed by atoms with Gasteiger partial charge < -0.3 is 10.3 Å². The molecule has 0 radical (unpaired) electrons. The van der Waals surface area contributed by atoms with Crippen LogP contribution in [0.5, 0.6) is 0 Å². The molecule has 23 heavy (non-hydrogen) atoms. The number of benzene rings is 1. The van der Waals surface area contributed by atoms with E-state index in [0.29, 0.717) is 11.7 Å². The molecule has 0 amide bonds. The summed E-state index contributed by atoms with van der Waals surface area (Å²) in [6, 6.07) is 9.96. The van der Waals surface area contributed by atoms with E-state index in [2.05, 4.69) is 15.2 Å². The molecule has 3 aromatic rings. The van der Waals surface area contributed by atoms with Gasteiger partial charge in [-0.1, -0.05) is 23.4 Å². The number of rotatable bonds is 3. The zero-order valence-corrected chi connectivity index (χ0v) is 13.6. The summed E-state index contributed by atoms with van der Waals surface area (Å²) in [5.41, 5.74) is 8.63. The lowest BCUT2D eigenvalue weighted by Gasteiger charge is -2.34. The molecule has 1 aliphatic rings. The average Bonchev–Trinajstić information content (AvgIpc) is 3.12. The molecule has 1 aromatic carbocycles. The monoisotopic (exact) mass is 331 g/mol. The first kappa shape index (κ1) is 15.7. The van der Waals surface area contributed by atoms with Crippen LogP contribution in [0.2, 0.25) is 0 Å². The number of nitrogens with zero attached hydrogens (tertiary/aromatic N) is 4. The van der Waals surface area contributed by atoms with E-state index in [4.69, 9.17) is 10.3 Å². The number of halogens is 1. The highest BCUT2D eigenvalue weighted by Gasteiger charge is 2.39. The highest BCUT2D eigenvalue weighted by molar-refractivity contribution is 5.85. The number of nitrogens with two attached hydrogens (primary N) is 1. The second-order valence-corrected chi connectivity index (χ2v) is 5.82. The molecule has 0 bridgehead atoms. The van der Waals surface area contributed by atoms with Gasteiger partial charge in [0.1, 0.15) is 0 Å². The van der Waals surface area contributed by atoms with Crippen LogP contribution in [0.3, 0.4) is 0 Å². The topological polar surface area (TPSA) is 82.8 Å². The van der Waals surface area contributed by atoms with Crippen molar-refractivity contribution < 1.29 is 4.52 Å². The molecular formula is C16H18ClN5O. The highest BCUT2D eigenvalue weighted by atomic mass is 35.5. The van der Waals surface area contributed by atoms with E-state index in [1.165, 1.54) is 0 Å². The molecule has 2 aromatic heterocycles. The number of aromatic nitrogens is 4. The van der Waals surface area contributed by atoms with E-state index < -0.39 is 5.54 Å². The Hall–Kier alpha value is -2.18. The van der Waals surface area contributed by atoms with E-state index in [-0.39, 0.29) is 12.4 Å². The van der Waals surface area contributed by atoms with Crippen molar-refractivity contribution in [2.24, 2.45) is 5.73 Å². The molecule has 2 N–H and O–H groups in total. The van der Waals surface area contributed by atoms with Crippen molar-refractivity contribution in [1.29, 1.82) is 0 Å². The normalized spacial score (nSPS) is 15.7. The fraction of sp³-hybridized carbons (Fsp3) is 0.312. The lowest BCUT2D eigenvalue weighted by atomic mass is 9.77. The second kappa shape index (κ2) is 5.79. The Morgan fingerprint density at radius 2 is 1.96 bits per heavy atom. The van der Waals surface area contributed by atoms with Crippen LogP contribution < -0.4 is 5.73 Å². The van der Waals surface area contributed by atoms with Crippen LogP contribution >= 0.6 is 12.4 Å². The summed E-state index contributed by atoms with van der Waals surface area (Å²) < 4.78 is 7.27. The molecule has 7 heteroatoms. The molecule has 0 unspecified atom stereocenters. The standard InChI is InChI=1S/C16H17N5O.ClH/c1-11-13(10-18-21(11)12-6-3-2-4-7-12)14-19-15(20-22-14)16(17)8-5-9-16;/h2-4,6-7,10H,5,8-9,17H2,1H3;1H. The third-order valence-corrected chi connectivity index (χ3v) is 4.36. The Kier molecular flexibility index (Phi) is 3.95. The van der Waals surface area contributed by atoms with Crippen molar-refractivity contribution in [2.75, 3.05) is 0 Å². The first-order valence-electron chi connectivity index (χ1n) is 7.41. The summed E-state index contributed by atoms with van der Waals surface area (Å²) in [6.07, 6.45) is 4.69. The zero-order valence-electron chi connectivity index (χ0n) is 12.8. The largest absolute Gasteiger partial charge is 0.334 e. The molecule has 1 saturated carbocycles. The van der Waals surface area contributed by atoms with Crippen molar-refractivity contribution in [3.8, 4) is 17.1 Å². The molecule has 1 aliphatic carbocycles. The Morgan fingerprint density at radius 1 is 1.22 bits per heavy atom. The van der Waals surface area contributed by atoms with Gasteiger partial charge in [0.05, 0.1) is 28.7 Å². The van der Waals surface area contributed by atoms with Crippen molar-refractivity contribution in [3.05, 3.63) is 48.0 Å². The van der Waals surface area contributed by atoms with Crippen LogP contribution in [-0.2, 0) is 5.54 Å². The van der Waals surface area contributed by atoms with Gasteiger partial charge in [0.15, 0.2) is 5.82 Å². The predicted molar refractivity (Wildman–Crippen MR) is 88.6 cm³/mol. The van der Waals surface area contributed by atoms with Crippen LogP contribution in [-0.4, -0.2) is 19.9 Å². The maximum absolute atomic E-state index is 6.24. The van der Waals surface area contributed by atoms with Crippen LogP contribution in [0.15, 0.2) is 41.1 Å². The number of hydrogen-bond acceptors (Lipinski definition) is 5. The Morgan fingerprint density at radius 3 is 2.61 bits per heavy atom. The third-order valence-electron chi connectivity index (χ3n) is 4.36. The minimum Gasteiger partial charge on any atom is -0.334 e. The van der Waals surface area contributed by atoms with Gasteiger partial charge in [-0.2, -0.15) is 10.1 Å². The van der Waals surface area contributed by atoms with Crippen molar-refractivity contribution in [2.45, 2.75) is 31.7 Å². The van der Waals surface area contributed by atoms with Crippen LogP contribution in [0.25, 0.3) is 17.1 Å². The van der Waals surface area contributed by atoms with Crippen LogP contribution in [0.4, 0.5) is 0 Å². The van der Waals surface area contributed by atoms with Crippen molar-refractivity contribution in [3.63, 3.8) is 0 Å². The summed E-state index contributed by atoms with van der Waals surface area (Å²) in [5.74, 6) is 1.08. The molecule has 1 fully saturated rings. The van der Waals surface area contributed by atoms with Gasteiger partial charge in [-0.25, -0.2) is 4.68 Å². The summed E-state index contributed by atoms with van der Waals surface area (Å²) in [4.78, 5) is 4.49. The lowest BCUT2D eigenvalue weighted by molar-refractivity contribution is 0.229. The summed E-state index contributed by atoms with van der Waals surface area (Å²) >= 11 is 0. The number of para-hydroxylation sites is 1. The van der Waals surface area contributed by atoms with Gasteiger partial charge in [0.25, 0.3) is 5.89 Å². The van der Waals surface area contributed by atoms with E-state index in [0.717, 1.165) is 36.2 Å². The van der Waals surface area contributed by atoms with E-state index >= 15 is 0 Å². The van der Waals surface area contributed by atoms with E-state index in [9.17, 15) is 0 Å². The fourth-order valence-electron chi connectivity index (χ4n) is 2.77.